The first-order valence-electron chi connectivity index (χ1n) is 7.12. The Bertz CT molecular complexity index is 778. The van der Waals surface area contributed by atoms with Crippen LogP contribution < -0.4 is 0 Å². The molecule has 0 amide bonds. The Morgan fingerprint density at radius 2 is 2.29 bits per heavy atom. The lowest BCUT2D eigenvalue weighted by Crippen LogP contribution is -2.12. The third-order valence-corrected chi connectivity index (χ3v) is 4.37. The lowest BCUT2D eigenvalue weighted by atomic mass is 9.96. The van der Waals surface area contributed by atoms with Crippen LogP contribution in [0.1, 0.15) is 35.8 Å². The Kier molecular flexibility index (Phi) is 3.20. The van der Waals surface area contributed by atoms with Gasteiger partial charge in [0.1, 0.15) is 5.58 Å². The standard InChI is InChI=1S/C16H15ClN2O2/c17-16-12(11-5-1-2-6-13(11)21-16)9-20-14-7-3-4-10-8-18-19-15(10)14/h1-2,5-6,8,14H,3-4,7,9H2,(H,18,19). The number of furan rings is 1. The van der Waals surface area contributed by atoms with E-state index in [-0.39, 0.29) is 6.10 Å². The van der Waals surface area contributed by atoms with Crippen LogP contribution in [0.3, 0.4) is 0 Å². The summed E-state index contributed by atoms with van der Waals surface area (Å²) in [6.07, 6.45) is 5.15. The number of hydrogen-bond acceptors (Lipinski definition) is 3. The monoisotopic (exact) mass is 302 g/mol. The van der Waals surface area contributed by atoms with Gasteiger partial charge in [-0.15, -0.1) is 0 Å². The Labute approximate surface area is 127 Å². The van der Waals surface area contributed by atoms with Crippen LogP contribution in [0.2, 0.25) is 5.22 Å². The number of H-pyrrole nitrogens is 1. The highest BCUT2D eigenvalue weighted by Crippen LogP contribution is 2.34. The van der Waals surface area contributed by atoms with Crippen molar-refractivity contribution >= 4 is 22.6 Å². The predicted octanol–water partition coefficient (Wildman–Crippen LogP) is 4.40. The van der Waals surface area contributed by atoms with Crippen LogP contribution in [0.25, 0.3) is 11.0 Å². The summed E-state index contributed by atoms with van der Waals surface area (Å²) in [7, 11) is 0. The molecule has 0 saturated carbocycles. The van der Waals surface area contributed by atoms with E-state index in [1.54, 1.807) is 0 Å². The number of aromatic amines is 1. The maximum atomic E-state index is 6.20. The minimum Gasteiger partial charge on any atom is -0.444 e. The summed E-state index contributed by atoms with van der Waals surface area (Å²) in [5, 5.41) is 8.61. The maximum absolute atomic E-state index is 6.20. The molecule has 5 heteroatoms. The second-order valence-electron chi connectivity index (χ2n) is 5.35. The molecule has 0 radical (unpaired) electrons. The van der Waals surface area contributed by atoms with E-state index in [2.05, 4.69) is 10.2 Å². The smallest absolute Gasteiger partial charge is 0.200 e. The SMILES string of the molecule is Clc1oc2ccccc2c1COC1CCCc2cn[nH]c21. The minimum absolute atomic E-state index is 0.0565. The van der Waals surface area contributed by atoms with Crippen molar-refractivity contribution in [1.29, 1.82) is 0 Å². The molecule has 1 N–H and O–H groups in total. The molecule has 0 bridgehead atoms. The van der Waals surface area contributed by atoms with Gasteiger partial charge in [-0.3, -0.25) is 5.10 Å². The number of aryl methyl sites for hydroxylation is 1. The van der Waals surface area contributed by atoms with Gasteiger partial charge >= 0.3 is 0 Å². The zero-order valence-corrected chi connectivity index (χ0v) is 12.2. The van der Waals surface area contributed by atoms with Gasteiger partial charge in [0.2, 0.25) is 0 Å². The van der Waals surface area contributed by atoms with Gasteiger partial charge in [0.15, 0.2) is 5.22 Å². The van der Waals surface area contributed by atoms with Gasteiger partial charge in [-0.25, -0.2) is 0 Å². The molecule has 1 aliphatic carbocycles. The molecule has 1 aromatic carbocycles. The zero-order chi connectivity index (χ0) is 14.2. The lowest BCUT2D eigenvalue weighted by molar-refractivity contribution is 0.0258. The van der Waals surface area contributed by atoms with E-state index >= 15 is 0 Å². The van der Waals surface area contributed by atoms with E-state index in [0.717, 1.165) is 41.5 Å². The minimum atomic E-state index is 0.0565. The van der Waals surface area contributed by atoms with Crippen LogP contribution in [-0.4, -0.2) is 10.2 Å². The number of nitrogens with zero attached hydrogens (tertiary/aromatic N) is 1. The van der Waals surface area contributed by atoms with Crippen molar-refractivity contribution in [1.82, 2.24) is 10.2 Å². The van der Waals surface area contributed by atoms with Gasteiger partial charge in [-0.1, -0.05) is 18.2 Å². The number of hydrogen-bond donors (Lipinski definition) is 1. The second kappa shape index (κ2) is 5.20. The van der Waals surface area contributed by atoms with Crippen LogP contribution >= 0.6 is 11.6 Å². The topological polar surface area (TPSA) is 51.1 Å². The van der Waals surface area contributed by atoms with Crippen molar-refractivity contribution in [3.63, 3.8) is 0 Å². The zero-order valence-electron chi connectivity index (χ0n) is 11.4. The summed E-state index contributed by atoms with van der Waals surface area (Å²) in [6, 6.07) is 7.83. The highest BCUT2D eigenvalue weighted by Gasteiger charge is 2.23. The van der Waals surface area contributed by atoms with Crippen LogP contribution in [0.15, 0.2) is 34.9 Å². The van der Waals surface area contributed by atoms with Crippen molar-refractivity contribution < 1.29 is 9.15 Å². The van der Waals surface area contributed by atoms with Crippen molar-refractivity contribution in [2.75, 3.05) is 0 Å². The molecule has 0 spiro atoms. The van der Waals surface area contributed by atoms with Gasteiger partial charge in [0, 0.05) is 10.9 Å². The number of nitrogens with one attached hydrogen (secondary N) is 1. The van der Waals surface area contributed by atoms with Gasteiger partial charge in [-0.2, -0.15) is 5.10 Å². The first kappa shape index (κ1) is 12.9. The summed E-state index contributed by atoms with van der Waals surface area (Å²) in [5.41, 5.74) is 4.07. The Hall–Kier alpha value is -1.78. The number of rotatable bonds is 3. The van der Waals surface area contributed by atoms with Crippen molar-refractivity contribution in [2.24, 2.45) is 0 Å². The molecule has 2 aromatic heterocycles. The van der Waals surface area contributed by atoms with Crippen molar-refractivity contribution in [3.05, 3.63) is 52.5 Å². The summed E-state index contributed by atoms with van der Waals surface area (Å²) in [5.74, 6) is 0. The molecular formula is C16H15ClN2O2. The van der Waals surface area contributed by atoms with Gasteiger partial charge < -0.3 is 9.15 Å². The molecule has 0 aliphatic heterocycles. The molecule has 4 rings (SSSR count). The summed E-state index contributed by atoms with van der Waals surface area (Å²) < 4.78 is 11.6. The molecule has 0 saturated heterocycles. The van der Waals surface area contributed by atoms with Crippen LogP contribution in [-0.2, 0) is 17.8 Å². The summed E-state index contributed by atoms with van der Waals surface area (Å²) in [4.78, 5) is 0. The Balaban J connectivity index is 1.59. The molecule has 21 heavy (non-hydrogen) atoms. The molecule has 1 atom stereocenters. The van der Waals surface area contributed by atoms with E-state index in [1.165, 1.54) is 5.56 Å². The lowest BCUT2D eigenvalue weighted by Gasteiger charge is -2.22. The number of para-hydroxylation sites is 1. The molecule has 108 valence electrons. The van der Waals surface area contributed by atoms with Gasteiger partial charge in [-0.05, 0) is 42.5 Å². The second-order valence-corrected chi connectivity index (χ2v) is 5.69. The first-order chi connectivity index (χ1) is 10.3. The summed E-state index contributed by atoms with van der Waals surface area (Å²) in [6.45, 7) is 0.443. The predicted molar refractivity (Wildman–Crippen MR) is 80.3 cm³/mol. The van der Waals surface area contributed by atoms with E-state index in [0.29, 0.717) is 11.8 Å². The third-order valence-electron chi connectivity index (χ3n) is 4.06. The van der Waals surface area contributed by atoms with E-state index in [9.17, 15) is 0 Å². The highest BCUT2D eigenvalue weighted by atomic mass is 35.5. The molecule has 1 unspecified atom stereocenters. The number of fused-ring (bicyclic) bond motifs is 2. The molecule has 4 nitrogen and oxygen atoms in total. The average Bonchev–Trinajstić information content (AvgIpc) is 3.09. The fourth-order valence-corrected chi connectivity index (χ4v) is 3.21. The highest BCUT2D eigenvalue weighted by molar-refractivity contribution is 6.30. The largest absolute Gasteiger partial charge is 0.444 e. The molecule has 3 aromatic rings. The number of aromatic nitrogens is 2. The Morgan fingerprint density at radius 1 is 1.38 bits per heavy atom. The van der Waals surface area contributed by atoms with E-state index < -0.39 is 0 Å². The van der Waals surface area contributed by atoms with E-state index in [1.807, 2.05) is 30.5 Å². The number of benzene rings is 1. The fourth-order valence-electron chi connectivity index (χ4n) is 2.98. The van der Waals surface area contributed by atoms with Gasteiger partial charge in [0.25, 0.3) is 0 Å². The van der Waals surface area contributed by atoms with Gasteiger partial charge in [0.05, 0.1) is 24.6 Å². The van der Waals surface area contributed by atoms with Crippen LogP contribution in [0.4, 0.5) is 0 Å². The first-order valence-corrected chi connectivity index (χ1v) is 7.50. The quantitative estimate of drug-likeness (QED) is 0.780. The third kappa shape index (κ3) is 2.24. The Morgan fingerprint density at radius 3 is 3.24 bits per heavy atom. The maximum Gasteiger partial charge on any atom is 0.200 e. The molecular weight excluding hydrogens is 288 g/mol. The van der Waals surface area contributed by atoms with Crippen molar-refractivity contribution in [3.8, 4) is 0 Å². The molecule has 1 aliphatic rings. The fraction of sp³-hybridized carbons (Fsp3) is 0.312. The average molecular weight is 303 g/mol. The number of ether oxygens (including phenoxy) is 1. The number of halogens is 1. The van der Waals surface area contributed by atoms with Crippen LogP contribution in [0.5, 0.6) is 0 Å². The molecule has 0 fully saturated rings. The summed E-state index contributed by atoms with van der Waals surface area (Å²) >= 11 is 6.20. The normalized spacial score (nSPS) is 18.0. The van der Waals surface area contributed by atoms with Crippen molar-refractivity contribution in [2.45, 2.75) is 32.0 Å². The van der Waals surface area contributed by atoms with Crippen LogP contribution in [0, 0.1) is 0 Å². The molecule has 2 heterocycles. The van der Waals surface area contributed by atoms with E-state index in [4.69, 9.17) is 20.8 Å².